The number of benzene rings is 3. The van der Waals surface area contributed by atoms with Crippen molar-refractivity contribution in [1.82, 2.24) is 0 Å². The second-order valence-electron chi connectivity index (χ2n) is 6.76. The van der Waals surface area contributed by atoms with Crippen LogP contribution in [0.4, 0.5) is 0 Å². The van der Waals surface area contributed by atoms with Crippen molar-refractivity contribution in [3.05, 3.63) is 78.4 Å². The van der Waals surface area contributed by atoms with E-state index in [1.165, 1.54) is 57.9 Å². The van der Waals surface area contributed by atoms with E-state index in [1.54, 1.807) is 7.11 Å². The molecule has 0 aliphatic heterocycles. The highest BCUT2D eigenvalue weighted by Crippen LogP contribution is 2.42. The van der Waals surface area contributed by atoms with Crippen molar-refractivity contribution in [2.75, 3.05) is 11.5 Å². The van der Waals surface area contributed by atoms with Crippen molar-refractivity contribution in [2.24, 2.45) is 0 Å². The quantitative estimate of drug-likeness (QED) is 0.178. The molecule has 0 spiro atoms. The van der Waals surface area contributed by atoms with Crippen molar-refractivity contribution in [3.63, 3.8) is 0 Å². The van der Waals surface area contributed by atoms with E-state index in [9.17, 15) is 0 Å². The summed E-state index contributed by atoms with van der Waals surface area (Å²) in [5, 5.41) is 0. The molecule has 0 fully saturated rings. The number of aryl methyl sites for hydroxylation is 1. The van der Waals surface area contributed by atoms with Gasteiger partial charge in [0.15, 0.2) is 0 Å². The molecular formula is C25H27IO. The fraction of sp³-hybridized carbons (Fsp3) is 0.280. The molecule has 3 aromatic carbocycles. The molecule has 2 heteroatoms. The average molecular weight is 470 g/mol. The third-order valence-corrected chi connectivity index (χ3v) is 5.69. The van der Waals surface area contributed by atoms with Crippen LogP contribution >= 0.6 is 22.6 Å². The lowest BCUT2D eigenvalue weighted by molar-refractivity contribution is 0.416. The fourth-order valence-electron chi connectivity index (χ4n) is 3.59. The molecule has 3 aromatic rings. The third-order valence-electron chi connectivity index (χ3n) is 4.93. The Labute approximate surface area is 176 Å². The normalized spacial score (nSPS) is 10.7. The van der Waals surface area contributed by atoms with Gasteiger partial charge < -0.3 is 4.74 Å². The molecule has 0 atom stereocenters. The Morgan fingerprint density at radius 2 is 1.26 bits per heavy atom. The number of halogens is 1. The first kappa shape index (κ1) is 19.9. The first-order valence-corrected chi connectivity index (χ1v) is 11.2. The predicted octanol–water partition coefficient (Wildman–Crippen LogP) is 7.57. The highest BCUT2D eigenvalue weighted by atomic mass is 127. The molecule has 0 N–H and O–H groups in total. The van der Waals surface area contributed by atoms with Gasteiger partial charge in [-0.25, -0.2) is 0 Å². The van der Waals surface area contributed by atoms with Crippen molar-refractivity contribution in [1.29, 1.82) is 0 Å². The monoisotopic (exact) mass is 470 g/mol. The van der Waals surface area contributed by atoms with Gasteiger partial charge >= 0.3 is 0 Å². The van der Waals surface area contributed by atoms with Crippen LogP contribution in [0.5, 0.6) is 5.75 Å². The zero-order chi connectivity index (χ0) is 18.9. The van der Waals surface area contributed by atoms with Crippen molar-refractivity contribution < 1.29 is 4.74 Å². The molecule has 0 aliphatic rings. The lowest BCUT2D eigenvalue weighted by Crippen LogP contribution is -1.98. The topological polar surface area (TPSA) is 9.23 Å². The third kappa shape index (κ3) is 5.13. The van der Waals surface area contributed by atoms with E-state index in [2.05, 4.69) is 95.4 Å². The van der Waals surface area contributed by atoms with Gasteiger partial charge in [-0.05, 0) is 52.0 Å². The largest absolute Gasteiger partial charge is 0.496 e. The van der Waals surface area contributed by atoms with E-state index in [-0.39, 0.29) is 0 Å². The molecule has 3 rings (SSSR count). The van der Waals surface area contributed by atoms with Crippen LogP contribution in [-0.4, -0.2) is 11.5 Å². The summed E-state index contributed by atoms with van der Waals surface area (Å²) in [6.07, 6.45) is 6.28. The summed E-state index contributed by atoms with van der Waals surface area (Å²) in [7, 11) is 1.76. The molecule has 140 valence electrons. The van der Waals surface area contributed by atoms with Gasteiger partial charge in [0.25, 0.3) is 0 Å². The van der Waals surface area contributed by atoms with Crippen molar-refractivity contribution in [2.45, 2.75) is 32.1 Å². The van der Waals surface area contributed by atoms with Crippen LogP contribution < -0.4 is 4.74 Å². The predicted molar refractivity (Wildman–Crippen MR) is 125 cm³/mol. The number of alkyl halides is 1. The van der Waals surface area contributed by atoms with Crippen LogP contribution in [-0.2, 0) is 6.42 Å². The maximum absolute atomic E-state index is 5.77. The van der Waals surface area contributed by atoms with Gasteiger partial charge in [0.05, 0.1) is 7.11 Å². The van der Waals surface area contributed by atoms with E-state index in [1.807, 2.05) is 0 Å². The molecule has 0 unspecified atom stereocenters. The van der Waals surface area contributed by atoms with E-state index in [4.69, 9.17) is 4.74 Å². The number of ether oxygens (including phenoxy) is 1. The molecule has 0 aliphatic carbocycles. The lowest BCUT2D eigenvalue weighted by Gasteiger charge is -2.19. The van der Waals surface area contributed by atoms with Crippen LogP contribution in [0.1, 0.15) is 31.2 Å². The first-order valence-electron chi connectivity index (χ1n) is 9.72. The van der Waals surface area contributed by atoms with Crippen LogP contribution in [0.25, 0.3) is 22.3 Å². The highest BCUT2D eigenvalue weighted by molar-refractivity contribution is 14.1. The summed E-state index contributed by atoms with van der Waals surface area (Å²) in [5.41, 5.74) is 6.40. The zero-order valence-electron chi connectivity index (χ0n) is 16.0. The number of unbranched alkanes of at least 4 members (excludes halogenated alkanes) is 3. The molecule has 0 saturated heterocycles. The molecule has 1 nitrogen and oxygen atoms in total. The van der Waals surface area contributed by atoms with Gasteiger partial charge in [0, 0.05) is 5.56 Å². The average Bonchev–Trinajstić information content (AvgIpc) is 2.74. The maximum atomic E-state index is 5.77. The van der Waals surface area contributed by atoms with Gasteiger partial charge in [-0.2, -0.15) is 0 Å². The number of rotatable bonds is 9. The Balaban J connectivity index is 2.06. The van der Waals surface area contributed by atoms with Gasteiger partial charge in [0.2, 0.25) is 0 Å². The second-order valence-corrected chi connectivity index (χ2v) is 7.84. The Bertz CT molecular complexity index is 828. The molecule has 0 aromatic heterocycles. The Morgan fingerprint density at radius 1 is 0.667 bits per heavy atom. The Morgan fingerprint density at radius 3 is 1.85 bits per heavy atom. The minimum atomic E-state index is 0.939. The minimum absolute atomic E-state index is 0.939. The molecular weight excluding hydrogens is 443 g/mol. The SMILES string of the molecule is COc1ccc(CCCCCCI)c(-c2ccccc2)c1-c1ccccc1. The minimum Gasteiger partial charge on any atom is -0.496 e. The molecule has 0 saturated carbocycles. The Kier molecular flexibility index (Phi) is 7.76. The van der Waals surface area contributed by atoms with E-state index in [0.717, 1.165) is 12.2 Å². The van der Waals surface area contributed by atoms with Gasteiger partial charge in [0.1, 0.15) is 5.75 Å². The van der Waals surface area contributed by atoms with Crippen LogP contribution in [0, 0.1) is 0 Å². The lowest BCUT2D eigenvalue weighted by atomic mass is 9.87. The smallest absolute Gasteiger partial charge is 0.127 e. The standard InChI is InChI=1S/C25H27IO/c1-27-23-18-17-22(16-6-2-3-11-19-26)24(20-12-7-4-8-13-20)25(23)21-14-9-5-10-15-21/h4-5,7-10,12-15,17-18H,2-3,6,11,16,19H2,1H3. The number of hydrogen-bond acceptors (Lipinski definition) is 1. The second kappa shape index (κ2) is 10.5. The van der Waals surface area contributed by atoms with Gasteiger partial charge in [-0.3, -0.25) is 0 Å². The van der Waals surface area contributed by atoms with Gasteiger partial charge in [-0.1, -0.05) is 102 Å². The molecule has 0 radical (unpaired) electrons. The highest BCUT2D eigenvalue weighted by Gasteiger charge is 2.17. The molecule has 0 amide bonds. The van der Waals surface area contributed by atoms with Crippen LogP contribution in [0.2, 0.25) is 0 Å². The summed E-state index contributed by atoms with van der Waals surface area (Å²) in [5.74, 6) is 0.939. The summed E-state index contributed by atoms with van der Waals surface area (Å²) in [6, 6.07) is 25.7. The summed E-state index contributed by atoms with van der Waals surface area (Å²) < 4.78 is 7.03. The van der Waals surface area contributed by atoms with Crippen LogP contribution in [0.3, 0.4) is 0 Å². The van der Waals surface area contributed by atoms with Gasteiger partial charge in [-0.15, -0.1) is 0 Å². The molecule has 0 heterocycles. The van der Waals surface area contributed by atoms with E-state index >= 15 is 0 Å². The fourth-order valence-corrected chi connectivity index (χ4v) is 4.13. The van der Waals surface area contributed by atoms with Crippen LogP contribution in [0.15, 0.2) is 72.8 Å². The van der Waals surface area contributed by atoms with Crippen molar-refractivity contribution in [3.8, 4) is 28.0 Å². The molecule has 0 bridgehead atoms. The number of hydrogen-bond donors (Lipinski definition) is 0. The summed E-state index contributed by atoms with van der Waals surface area (Å²) in [6.45, 7) is 0. The maximum Gasteiger partial charge on any atom is 0.127 e. The van der Waals surface area contributed by atoms with Crippen molar-refractivity contribution >= 4 is 22.6 Å². The van der Waals surface area contributed by atoms with E-state index in [0.29, 0.717) is 0 Å². The van der Waals surface area contributed by atoms with E-state index < -0.39 is 0 Å². The summed E-state index contributed by atoms with van der Waals surface area (Å²) in [4.78, 5) is 0. The summed E-state index contributed by atoms with van der Waals surface area (Å²) >= 11 is 2.47. The zero-order valence-corrected chi connectivity index (χ0v) is 18.1. The first-order chi connectivity index (χ1) is 13.3. The molecule has 27 heavy (non-hydrogen) atoms. The number of methoxy groups -OCH3 is 1. The Hall–Kier alpha value is -1.81.